The van der Waals surface area contributed by atoms with Gasteiger partial charge in [-0.2, -0.15) is 0 Å². The fourth-order valence-corrected chi connectivity index (χ4v) is 2.89. The van der Waals surface area contributed by atoms with Crippen molar-refractivity contribution in [2.75, 3.05) is 18.0 Å². The molecule has 0 radical (unpaired) electrons. The monoisotopic (exact) mass is 345 g/mol. The summed E-state index contributed by atoms with van der Waals surface area (Å²) in [6.07, 6.45) is 0. The van der Waals surface area contributed by atoms with Gasteiger partial charge in [-0.15, -0.1) is 0 Å². The third-order valence-corrected chi connectivity index (χ3v) is 4.56. The average molecular weight is 346 g/mol. The minimum absolute atomic E-state index is 0.505. The second-order valence-electron chi connectivity index (χ2n) is 5.19. The minimum atomic E-state index is 0.505. The van der Waals surface area contributed by atoms with E-state index >= 15 is 0 Å². The molecular formula is C18H17Cl2N3. The van der Waals surface area contributed by atoms with Crippen molar-refractivity contribution in [1.29, 1.82) is 0 Å². The molecule has 0 aliphatic heterocycles. The maximum atomic E-state index is 6.14. The molecule has 0 aliphatic rings. The molecule has 0 saturated carbocycles. The second-order valence-corrected chi connectivity index (χ2v) is 6.00. The van der Waals surface area contributed by atoms with Gasteiger partial charge in [0.1, 0.15) is 5.82 Å². The molecule has 3 rings (SSSR count). The van der Waals surface area contributed by atoms with Crippen LogP contribution in [0.3, 0.4) is 0 Å². The third-order valence-electron chi connectivity index (χ3n) is 3.82. The topological polar surface area (TPSA) is 29.0 Å². The molecule has 118 valence electrons. The Bertz CT molecular complexity index is 845. The van der Waals surface area contributed by atoms with Crippen molar-refractivity contribution in [3.05, 3.63) is 52.5 Å². The number of anilines is 1. The van der Waals surface area contributed by atoms with Gasteiger partial charge in [-0.05, 0) is 44.2 Å². The number of aromatic nitrogens is 2. The number of benzene rings is 2. The molecule has 1 aromatic heterocycles. The largest absolute Gasteiger partial charge is 0.357 e. The lowest BCUT2D eigenvalue weighted by Crippen LogP contribution is -2.23. The Morgan fingerprint density at radius 1 is 0.913 bits per heavy atom. The van der Waals surface area contributed by atoms with E-state index in [0.29, 0.717) is 15.9 Å². The van der Waals surface area contributed by atoms with E-state index < -0.39 is 0 Å². The molecule has 3 aromatic rings. The highest BCUT2D eigenvalue weighted by Crippen LogP contribution is 2.30. The summed E-state index contributed by atoms with van der Waals surface area (Å²) in [5.41, 5.74) is 1.78. The molecule has 3 nitrogen and oxygen atoms in total. The summed E-state index contributed by atoms with van der Waals surface area (Å²) in [5, 5.41) is 2.09. The van der Waals surface area contributed by atoms with Gasteiger partial charge in [0.25, 0.3) is 0 Å². The lowest BCUT2D eigenvalue weighted by molar-refractivity contribution is 0.850. The fourth-order valence-electron chi connectivity index (χ4n) is 2.59. The van der Waals surface area contributed by atoms with E-state index in [1.54, 1.807) is 12.1 Å². The van der Waals surface area contributed by atoms with Crippen LogP contribution in [0, 0.1) is 0 Å². The summed E-state index contributed by atoms with van der Waals surface area (Å²) < 4.78 is 0. The number of halogens is 2. The summed E-state index contributed by atoms with van der Waals surface area (Å²) in [7, 11) is 0. The van der Waals surface area contributed by atoms with E-state index in [9.17, 15) is 0 Å². The summed E-state index contributed by atoms with van der Waals surface area (Å²) in [5.74, 6) is 1.60. The van der Waals surface area contributed by atoms with E-state index in [4.69, 9.17) is 28.2 Å². The molecule has 0 atom stereocenters. The average Bonchev–Trinajstić information content (AvgIpc) is 2.58. The molecule has 0 saturated heterocycles. The van der Waals surface area contributed by atoms with Crippen LogP contribution in [-0.2, 0) is 0 Å². The molecule has 0 amide bonds. The van der Waals surface area contributed by atoms with Crippen molar-refractivity contribution in [1.82, 2.24) is 9.97 Å². The van der Waals surface area contributed by atoms with Crippen LogP contribution in [0.2, 0.25) is 10.0 Å². The van der Waals surface area contributed by atoms with E-state index in [-0.39, 0.29) is 0 Å². The van der Waals surface area contributed by atoms with Crippen LogP contribution in [0.5, 0.6) is 0 Å². The van der Waals surface area contributed by atoms with Gasteiger partial charge in [-0.25, -0.2) is 9.97 Å². The highest BCUT2D eigenvalue weighted by Gasteiger charge is 2.13. The molecule has 0 bridgehead atoms. The standard InChI is InChI=1S/C18H17Cl2N3/c1-3-23(4-2)18-13-7-5-6-8-16(13)21-17(22-18)12-9-10-14(19)15(20)11-12/h5-11H,3-4H2,1-2H3. The summed E-state index contributed by atoms with van der Waals surface area (Å²) >= 11 is 12.1. The predicted molar refractivity (Wildman–Crippen MR) is 98.6 cm³/mol. The predicted octanol–water partition coefficient (Wildman–Crippen LogP) is 5.45. The zero-order valence-corrected chi connectivity index (χ0v) is 14.6. The van der Waals surface area contributed by atoms with Crippen LogP contribution in [0.4, 0.5) is 5.82 Å². The SMILES string of the molecule is CCN(CC)c1nc(-c2ccc(Cl)c(Cl)c2)nc2ccccc12. The number of nitrogens with zero attached hydrogens (tertiary/aromatic N) is 3. The van der Waals surface area contributed by atoms with Crippen molar-refractivity contribution < 1.29 is 0 Å². The maximum Gasteiger partial charge on any atom is 0.162 e. The molecular weight excluding hydrogens is 329 g/mol. The van der Waals surface area contributed by atoms with Crippen LogP contribution >= 0.6 is 23.2 Å². The molecule has 5 heteroatoms. The molecule has 0 spiro atoms. The van der Waals surface area contributed by atoms with Gasteiger partial charge in [0.2, 0.25) is 0 Å². The van der Waals surface area contributed by atoms with Crippen LogP contribution in [-0.4, -0.2) is 23.1 Å². The Morgan fingerprint density at radius 3 is 2.35 bits per heavy atom. The summed E-state index contributed by atoms with van der Waals surface area (Å²) in [4.78, 5) is 11.7. The molecule has 0 unspecified atom stereocenters. The fraction of sp³-hybridized carbons (Fsp3) is 0.222. The zero-order valence-electron chi connectivity index (χ0n) is 13.1. The molecule has 1 heterocycles. The van der Waals surface area contributed by atoms with Crippen molar-refractivity contribution >= 4 is 39.9 Å². The lowest BCUT2D eigenvalue weighted by Gasteiger charge is -2.22. The van der Waals surface area contributed by atoms with Crippen LogP contribution in [0.15, 0.2) is 42.5 Å². The van der Waals surface area contributed by atoms with Gasteiger partial charge in [0, 0.05) is 24.0 Å². The normalized spacial score (nSPS) is 11.0. The van der Waals surface area contributed by atoms with Crippen molar-refractivity contribution in [3.63, 3.8) is 0 Å². The van der Waals surface area contributed by atoms with Gasteiger partial charge in [-0.1, -0.05) is 35.3 Å². The summed E-state index contributed by atoms with van der Waals surface area (Å²) in [6.45, 7) is 6.02. The van der Waals surface area contributed by atoms with Crippen LogP contribution < -0.4 is 4.90 Å². The first-order chi connectivity index (χ1) is 11.1. The molecule has 0 aliphatic carbocycles. The Balaban J connectivity index is 2.23. The zero-order chi connectivity index (χ0) is 16.4. The smallest absolute Gasteiger partial charge is 0.162 e. The van der Waals surface area contributed by atoms with Crippen molar-refractivity contribution in [3.8, 4) is 11.4 Å². The number of hydrogen-bond donors (Lipinski definition) is 0. The third kappa shape index (κ3) is 3.12. The second kappa shape index (κ2) is 6.73. The van der Waals surface area contributed by atoms with E-state index in [2.05, 4.69) is 29.8 Å². The summed E-state index contributed by atoms with van der Waals surface area (Å²) in [6, 6.07) is 13.5. The first-order valence-corrected chi connectivity index (χ1v) is 8.36. The van der Waals surface area contributed by atoms with Gasteiger partial charge in [-0.3, -0.25) is 0 Å². The quantitative estimate of drug-likeness (QED) is 0.629. The Kier molecular flexibility index (Phi) is 4.69. The molecule has 2 aromatic carbocycles. The minimum Gasteiger partial charge on any atom is -0.357 e. The Hall–Kier alpha value is -1.84. The highest BCUT2D eigenvalue weighted by molar-refractivity contribution is 6.42. The van der Waals surface area contributed by atoms with Gasteiger partial charge < -0.3 is 4.90 Å². The number of para-hydroxylation sites is 1. The van der Waals surface area contributed by atoms with E-state index in [0.717, 1.165) is 35.4 Å². The van der Waals surface area contributed by atoms with Crippen molar-refractivity contribution in [2.24, 2.45) is 0 Å². The van der Waals surface area contributed by atoms with E-state index in [1.165, 1.54) is 0 Å². The molecule has 23 heavy (non-hydrogen) atoms. The first kappa shape index (κ1) is 16.0. The van der Waals surface area contributed by atoms with Gasteiger partial charge in [0.15, 0.2) is 5.82 Å². The number of rotatable bonds is 4. The Morgan fingerprint density at radius 2 is 1.65 bits per heavy atom. The maximum absolute atomic E-state index is 6.14. The Labute approximate surface area is 145 Å². The number of fused-ring (bicyclic) bond motifs is 1. The molecule has 0 N–H and O–H groups in total. The first-order valence-electron chi connectivity index (χ1n) is 7.61. The van der Waals surface area contributed by atoms with Crippen molar-refractivity contribution in [2.45, 2.75) is 13.8 Å². The van der Waals surface area contributed by atoms with Gasteiger partial charge in [0.05, 0.1) is 15.6 Å². The lowest BCUT2D eigenvalue weighted by atomic mass is 10.1. The molecule has 0 fully saturated rings. The van der Waals surface area contributed by atoms with Crippen LogP contribution in [0.25, 0.3) is 22.3 Å². The number of hydrogen-bond acceptors (Lipinski definition) is 3. The van der Waals surface area contributed by atoms with Gasteiger partial charge >= 0.3 is 0 Å². The highest BCUT2D eigenvalue weighted by atomic mass is 35.5. The van der Waals surface area contributed by atoms with E-state index in [1.807, 2.05) is 24.3 Å². The van der Waals surface area contributed by atoms with Crippen LogP contribution in [0.1, 0.15) is 13.8 Å².